The highest BCUT2D eigenvalue weighted by molar-refractivity contribution is 6.02. The minimum atomic E-state index is -1.13. The average molecular weight is 524 g/mol. The molecule has 1 spiro atoms. The Kier molecular flexibility index (Phi) is 7.65. The molecule has 8 nitrogen and oxygen atoms in total. The van der Waals surface area contributed by atoms with Gasteiger partial charge in [-0.1, -0.05) is 37.5 Å². The molecule has 0 unspecified atom stereocenters. The molecular weight excluding hydrogens is 482 g/mol. The molecule has 3 amide bonds. The third-order valence-corrected chi connectivity index (χ3v) is 8.65. The first-order valence-electron chi connectivity index (χ1n) is 14.2. The molecule has 8 heteroatoms. The van der Waals surface area contributed by atoms with Crippen LogP contribution in [0.15, 0.2) is 30.4 Å². The van der Waals surface area contributed by atoms with Crippen LogP contribution >= 0.6 is 0 Å². The van der Waals surface area contributed by atoms with Crippen LogP contribution in [0.3, 0.4) is 0 Å². The smallest absolute Gasteiger partial charge is 0.246 e. The van der Waals surface area contributed by atoms with Crippen LogP contribution in [0.25, 0.3) is 0 Å². The van der Waals surface area contributed by atoms with Gasteiger partial charge >= 0.3 is 0 Å². The van der Waals surface area contributed by atoms with Crippen molar-refractivity contribution in [1.29, 1.82) is 0 Å². The van der Waals surface area contributed by atoms with Crippen LogP contribution in [0.2, 0.25) is 0 Å². The van der Waals surface area contributed by atoms with E-state index in [-0.39, 0.29) is 29.9 Å². The lowest BCUT2D eigenvalue weighted by Gasteiger charge is -2.34. The molecule has 3 fully saturated rings. The number of carbonyl (C=O) groups excluding carboxylic acids is 3. The zero-order valence-corrected chi connectivity index (χ0v) is 23.0. The molecule has 1 aliphatic carbocycles. The number of fused-ring (bicyclic) bond motifs is 1. The zero-order valence-electron chi connectivity index (χ0n) is 23.0. The number of anilines is 1. The van der Waals surface area contributed by atoms with Gasteiger partial charge in [-0.25, -0.2) is 0 Å². The van der Waals surface area contributed by atoms with E-state index in [1.807, 2.05) is 58.0 Å². The van der Waals surface area contributed by atoms with Gasteiger partial charge in [-0.15, -0.1) is 0 Å². The maximum absolute atomic E-state index is 14.0. The highest BCUT2D eigenvalue weighted by atomic mass is 16.5. The number of ether oxygens (including phenoxy) is 2. The SMILES string of the molecule is Cc1ccc(NC(=O)[C@H]2[C@H]3C=C[C@@]4(O3)[C@H]2C(=O)N(CCCOC(C)C)[C@@H]4C(=O)NC2CCCCC2)cc1C. The van der Waals surface area contributed by atoms with E-state index >= 15 is 0 Å². The van der Waals surface area contributed by atoms with Crippen LogP contribution in [0.1, 0.15) is 63.5 Å². The minimum absolute atomic E-state index is 0.0907. The summed E-state index contributed by atoms with van der Waals surface area (Å²) in [5, 5.41) is 6.24. The summed E-state index contributed by atoms with van der Waals surface area (Å²) in [6.45, 7) is 8.84. The van der Waals surface area contributed by atoms with Gasteiger partial charge in [-0.2, -0.15) is 0 Å². The van der Waals surface area contributed by atoms with Crippen LogP contribution in [0, 0.1) is 25.7 Å². The third kappa shape index (κ3) is 4.89. The molecule has 3 aliphatic heterocycles. The molecule has 5 rings (SSSR count). The van der Waals surface area contributed by atoms with Gasteiger partial charge in [0.05, 0.1) is 24.0 Å². The van der Waals surface area contributed by atoms with Crippen LogP contribution < -0.4 is 10.6 Å². The molecule has 206 valence electrons. The number of nitrogens with zero attached hydrogens (tertiary/aromatic N) is 1. The normalized spacial score (nSPS) is 30.2. The molecule has 3 heterocycles. The molecule has 0 aromatic heterocycles. The Labute approximate surface area is 225 Å². The first-order chi connectivity index (χ1) is 18.2. The second kappa shape index (κ2) is 10.8. The topological polar surface area (TPSA) is 97.0 Å². The van der Waals surface area contributed by atoms with Gasteiger partial charge in [-0.3, -0.25) is 14.4 Å². The van der Waals surface area contributed by atoms with Crippen LogP contribution in [0.5, 0.6) is 0 Å². The van der Waals surface area contributed by atoms with E-state index in [1.165, 1.54) is 6.42 Å². The number of nitrogens with one attached hydrogen (secondary N) is 2. The summed E-state index contributed by atoms with van der Waals surface area (Å²) in [4.78, 5) is 43.1. The quantitative estimate of drug-likeness (QED) is 0.380. The van der Waals surface area contributed by atoms with Crippen molar-refractivity contribution in [1.82, 2.24) is 10.2 Å². The molecule has 5 atom stereocenters. The van der Waals surface area contributed by atoms with Crippen molar-refractivity contribution in [3.8, 4) is 0 Å². The van der Waals surface area contributed by atoms with Crippen LogP contribution in [-0.2, 0) is 23.9 Å². The summed E-state index contributed by atoms with van der Waals surface area (Å²) in [7, 11) is 0. The first-order valence-corrected chi connectivity index (χ1v) is 14.2. The van der Waals surface area contributed by atoms with Gasteiger partial charge in [0.15, 0.2) is 0 Å². The van der Waals surface area contributed by atoms with Crippen molar-refractivity contribution in [3.05, 3.63) is 41.5 Å². The number of amides is 3. The lowest BCUT2D eigenvalue weighted by molar-refractivity contribution is -0.141. The number of likely N-dealkylation sites (tertiary alicyclic amines) is 1. The number of hydrogen-bond acceptors (Lipinski definition) is 5. The fourth-order valence-electron chi connectivity index (χ4n) is 6.63. The van der Waals surface area contributed by atoms with E-state index in [0.717, 1.165) is 36.8 Å². The van der Waals surface area contributed by atoms with E-state index in [2.05, 4.69) is 10.6 Å². The molecule has 4 aliphatic rings. The molecule has 2 bridgehead atoms. The van der Waals surface area contributed by atoms with Gasteiger partial charge < -0.3 is 25.0 Å². The molecule has 1 aromatic carbocycles. The summed E-state index contributed by atoms with van der Waals surface area (Å²) >= 11 is 0. The summed E-state index contributed by atoms with van der Waals surface area (Å²) in [5.74, 6) is -2.06. The lowest BCUT2D eigenvalue weighted by atomic mass is 9.74. The van der Waals surface area contributed by atoms with Crippen molar-refractivity contribution >= 4 is 23.4 Å². The second-order valence-electron chi connectivity index (χ2n) is 11.6. The molecule has 38 heavy (non-hydrogen) atoms. The molecule has 2 saturated heterocycles. The van der Waals surface area contributed by atoms with Crippen LogP contribution in [0.4, 0.5) is 5.69 Å². The third-order valence-electron chi connectivity index (χ3n) is 8.65. The predicted octanol–water partition coefficient (Wildman–Crippen LogP) is 3.66. The maximum atomic E-state index is 14.0. The number of carbonyl (C=O) groups is 3. The van der Waals surface area contributed by atoms with Crippen molar-refractivity contribution in [2.24, 2.45) is 11.8 Å². The summed E-state index contributed by atoms with van der Waals surface area (Å²) in [6, 6.07) is 5.08. The molecular formula is C30H41N3O5. The number of benzene rings is 1. The fourth-order valence-corrected chi connectivity index (χ4v) is 6.63. The Morgan fingerprint density at radius 2 is 1.89 bits per heavy atom. The summed E-state index contributed by atoms with van der Waals surface area (Å²) in [6.07, 6.45) is 9.17. The van der Waals surface area contributed by atoms with Crippen LogP contribution in [-0.4, -0.2) is 65.7 Å². The Hall–Kier alpha value is -2.71. The van der Waals surface area contributed by atoms with E-state index in [0.29, 0.717) is 25.3 Å². The second-order valence-corrected chi connectivity index (χ2v) is 11.6. The van der Waals surface area contributed by atoms with Crippen molar-refractivity contribution in [2.75, 3.05) is 18.5 Å². The molecule has 0 radical (unpaired) electrons. The maximum Gasteiger partial charge on any atom is 0.246 e. The highest BCUT2D eigenvalue weighted by Gasteiger charge is 2.72. The lowest BCUT2D eigenvalue weighted by Crippen LogP contribution is -2.56. The Bertz CT molecular complexity index is 1110. The van der Waals surface area contributed by atoms with Gasteiger partial charge in [0, 0.05) is 24.9 Å². The number of hydrogen-bond donors (Lipinski definition) is 2. The minimum Gasteiger partial charge on any atom is -0.379 e. The Morgan fingerprint density at radius 3 is 2.61 bits per heavy atom. The standard InChI is InChI=1S/C30H41N3O5/c1-18(2)37-16-8-15-33-26(28(35)31-21-9-6-5-7-10-21)30-14-13-23(38-30)24(25(30)29(33)36)27(34)32-22-12-11-19(3)20(4)17-22/h11-14,17-18,21,23-26H,5-10,15-16H2,1-4H3,(H,31,35)(H,32,34)/t23-,24+,25-,26-,30-/m1/s1. The van der Waals surface area contributed by atoms with E-state index in [4.69, 9.17) is 9.47 Å². The van der Waals surface area contributed by atoms with Gasteiger partial charge in [0.2, 0.25) is 17.7 Å². The van der Waals surface area contributed by atoms with Crippen molar-refractivity contribution in [2.45, 2.75) is 96.1 Å². The van der Waals surface area contributed by atoms with Crippen molar-refractivity contribution < 1.29 is 23.9 Å². The number of rotatable bonds is 9. The average Bonchev–Trinajstić information content (AvgIpc) is 3.52. The zero-order chi connectivity index (χ0) is 27.0. The fraction of sp³-hybridized carbons (Fsp3) is 0.633. The monoisotopic (exact) mass is 523 g/mol. The first kappa shape index (κ1) is 26.9. The summed E-state index contributed by atoms with van der Waals surface area (Å²) in [5.41, 5.74) is 1.78. The summed E-state index contributed by atoms with van der Waals surface area (Å²) < 4.78 is 12.1. The van der Waals surface area contributed by atoms with Gasteiger partial charge in [-0.05, 0) is 70.2 Å². The van der Waals surface area contributed by atoms with E-state index in [1.54, 1.807) is 4.90 Å². The molecule has 1 aromatic rings. The Balaban J connectivity index is 1.39. The van der Waals surface area contributed by atoms with Gasteiger partial charge in [0.25, 0.3) is 0 Å². The predicted molar refractivity (Wildman–Crippen MR) is 144 cm³/mol. The van der Waals surface area contributed by atoms with E-state index < -0.39 is 29.6 Å². The highest BCUT2D eigenvalue weighted by Crippen LogP contribution is 2.55. The molecule has 1 saturated carbocycles. The Morgan fingerprint density at radius 1 is 1.13 bits per heavy atom. The largest absolute Gasteiger partial charge is 0.379 e. The number of aryl methyl sites for hydroxylation is 2. The van der Waals surface area contributed by atoms with E-state index in [9.17, 15) is 14.4 Å². The van der Waals surface area contributed by atoms with Crippen molar-refractivity contribution in [3.63, 3.8) is 0 Å². The van der Waals surface area contributed by atoms with Gasteiger partial charge in [0.1, 0.15) is 11.6 Å². The molecule has 2 N–H and O–H groups in total.